The lowest BCUT2D eigenvalue weighted by molar-refractivity contribution is 0.0950. The molecule has 1 amide bonds. The summed E-state index contributed by atoms with van der Waals surface area (Å²) in [5.41, 5.74) is 2.61. The van der Waals surface area contributed by atoms with Crippen LogP contribution in [-0.2, 0) is 16.6 Å². The topological polar surface area (TPSA) is 84.5 Å². The molecular formula is C22H21ClN2O4S. The van der Waals surface area contributed by atoms with Crippen LogP contribution in [0, 0.1) is 6.92 Å². The summed E-state index contributed by atoms with van der Waals surface area (Å²) in [7, 11) is -2.47. The number of hydrogen-bond donors (Lipinski definition) is 2. The maximum absolute atomic E-state index is 12.8. The lowest BCUT2D eigenvalue weighted by Gasteiger charge is -2.12. The van der Waals surface area contributed by atoms with Crippen molar-refractivity contribution in [2.24, 2.45) is 0 Å². The van der Waals surface area contributed by atoms with Gasteiger partial charge in [-0.1, -0.05) is 41.4 Å². The van der Waals surface area contributed by atoms with E-state index < -0.39 is 15.9 Å². The van der Waals surface area contributed by atoms with E-state index >= 15 is 0 Å². The molecule has 0 aliphatic heterocycles. The molecule has 0 bridgehead atoms. The Morgan fingerprint density at radius 3 is 2.30 bits per heavy atom. The molecule has 0 fully saturated rings. The van der Waals surface area contributed by atoms with Gasteiger partial charge >= 0.3 is 0 Å². The summed E-state index contributed by atoms with van der Waals surface area (Å²) >= 11 is 6.12. The Kier molecular flexibility index (Phi) is 6.64. The molecule has 30 heavy (non-hydrogen) atoms. The quantitative estimate of drug-likeness (QED) is 0.566. The lowest BCUT2D eigenvalue weighted by atomic mass is 10.1. The number of carbonyl (C=O) groups is 1. The van der Waals surface area contributed by atoms with Crippen molar-refractivity contribution in [3.8, 4) is 5.75 Å². The van der Waals surface area contributed by atoms with E-state index in [4.69, 9.17) is 16.3 Å². The van der Waals surface area contributed by atoms with Crippen molar-refractivity contribution in [3.05, 3.63) is 88.4 Å². The molecule has 3 aromatic carbocycles. The average molecular weight is 445 g/mol. The molecule has 0 radical (unpaired) electrons. The number of anilines is 1. The fourth-order valence-electron chi connectivity index (χ4n) is 2.71. The van der Waals surface area contributed by atoms with E-state index in [1.54, 1.807) is 24.3 Å². The molecule has 0 saturated carbocycles. The number of benzene rings is 3. The Hall–Kier alpha value is -3.03. The first-order chi connectivity index (χ1) is 14.3. The highest BCUT2D eigenvalue weighted by Gasteiger charge is 2.20. The van der Waals surface area contributed by atoms with Crippen molar-refractivity contribution in [1.29, 1.82) is 0 Å². The SMILES string of the molecule is COc1ccc(NS(=O)(=O)c2cc(C(=O)NCc3ccc(C)cc3)ccc2Cl)cc1. The predicted molar refractivity (Wildman–Crippen MR) is 118 cm³/mol. The molecule has 8 heteroatoms. The van der Waals surface area contributed by atoms with Gasteiger partial charge in [-0.25, -0.2) is 8.42 Å². The molecule has 2 N–H and O–H groups in total. The number of aryl methyl sites for hydroxylation is 1. The second-order valence-corrected chi connectivity index (χ2v) is 8.71. The molecule has 0 aromatic heterocycles. The molecule has 0 heterocycles. The number of methoxy groups -OCH3 is 1. The zero-order valence-corrected chi connectivity index (χ0v) is 18.0. The molecule has 0 unspecified atom stereocenters. The van der Waals surface area contributed by atoms with Gasteiger partial charge in [0, 0.05) is 17.8 Å². The van der Waals surface area contributed by atoms with Gasteiger partial charge in [0.05, 0.1) is 12.1 Å². The maximum atomic E-state index is 12.8. The molecule has 3 rings (SSSR count). The minimum atomic E-state index is -3.99. The molecule has 0 atom stereocenters. The van der Waals surface area contributed by atoms with Crippen molar-refractivity contribution in [2.75, 3.05) is 11.8 Å². The van der Waals surface area contributed by atoms with Crippen molar-refractivity contribution in [2.45, 2.75) is 18.4 Å². The third kappa shape index (κ3) is 5.31. The monoisotopic (exact) mass is 444 g/mol. The Morgan fingerprint density at radius 2 is 1.67 bits per heavy atom. The van der Waals surface area contributed by atoms with Gasteiger partial charge < -0.3 is 10.1 Å². The fraction of sp³-hybridized carbons (Fsp3) is 0.136. The van der Waals surface area contributed by atoms with E-state index in [9.17, 15) is 13.2 Å². The van der Waals surface area contributed by atoms with Gasteiger partial charge in [-0.2, -0.15) is 0 Å². The standard InChI is InChI=1S/C22H21ClN2O4S/c1-15-3-5-16(6-4-15)14-24-22(26)17-7-12-20(23)21(13-17)30(27,28)25-18-8-10-19(29-2)11-9-18/h3-13,25H,14H2,1-2H3,(H,24,26). The number of sulfonamides is 1. The molecule has 0 spiro atoms. The third-order valence-corrected chi connectivity index (χ3v) is 6.26. The van der Waals surface area contributed by atoms with Crippen LogP contribution in [0.1, 0.15) is 21.5 Å². The Balaban J connectivity index is 1.77. The molecule has 6 nitrogen and oxygen atoms in total. The molecule has 0 aliphatic rings. The van der Waals surface area contributed by atoms with Crippen LogP contribution in [0.25, 0.3) is 0 Å². The summed E-state index contributed by atoms with van der Waals surface area (Å²) in [4.78, 5) is 12.3. The number of nitrogens with one attached hydrogen (secondary N) is 2. The number of amides is 1. The van der Waals surface area contributed by atoms with Gasteiger partial charge in [0.1, 0.15) is 10.6 Å². The van der Waals surface area contributed by atoms with Crippen molar-refractivity contribution in [1.82, 2.24) is 5.32 Å². The normalized spacial score (nSPS) is 11.0. The molecule has 0 saturated heterocycles. The first-order valence-electron chi connectivity index (χ1n) is 9.08. The number of ether oxygens (including phenoxy) is 1. The lowest BCUT2D eigenvalue weighted by Crippen LogP contribution is -2.23. The zero-order chi connectivity index (χ0) is 21.7. The van der Waals surface area contributed by atoms with Gasteiger partial charge in [0.15, 0.2) is 0 Å². The predicted octanol–water partition coefficient (Wildman–Crippen LogP) is 4.39. The minimum Gasteiger partial charge on any atom is -0.497 e. The molecule has 3 aromatic rings. The summed E-state index contributed by atoms with van der Waals surface area (Å²) in [6, 6.07) is 18.3. The third-order valence-electron chi connectivity index (χ3n) is 4.40. The Bertz CT molecular complexity index is 1140. The van der Waals surface area contributed by atoms with Crippen molar-refractivity contribution in [3.63, 3.8) is 0 Å². The number of rotatable bonds is 7. The van der Waals surface area contributed by atoms with Crippen LogP contribution in [0.5, 0.6) is 5.75 Å². The summed E-state index contributed by atoms with van der Waals surface area (Å²) in [5, 5.41) is 2.80. The minimum absolute atomic E-state index is 0.0195. The van der Waals surface area contributed by atoms with Crippen LogP contribution in [-0.4, -0.2) is 21.4 Å². The van der Waals surface area contributed by atoms with Crippen LogP contribution in [0.15, 0.2) is 71.6 Å². The van der Waals surface area contributed by atoms with Gasteiger partial charge in [0.25, 0.3) is 15.9 Å². The molecule has 156 valence electrons. The first-order valence-corrected chi connectivity index (χ1v) is 10.9. The van der Waals surface area contributed by atoms with Crippen molar-refractivity contribution < 1.29 is 17.9 Å². The van der Waals surface area contributed by atoms with Gasteiger partial charge in [-0.05, 0) is 55.0 Å². The first kappa shape index (κ1) is 21.7. The summed E-state index contributed by atoms with van der Waals surface area (Å²) < 4.78 is 33.1. The second-order valence-electron chi connectivity index (χ2n) is 6.65. The zero-order valence-electron chi connectivity index (χ0n) is 16.5. The highest BCUT2D eigenvalue weighted by atomic mass is 35.5. The summed E-state index contributed by atoms with van der Waals surface area (Å²) in [6.07, 6.45) is 0. The Labute approximate surface area is 180 Å². The van der Waals surface area contributed by atoms with E-state index in [-0.39, 0.29) is 15.5 Å². The largest absolute Gasteiger partial charge is 0.497 e. The number of carbonyl (C=O) groups excluding carboxylic acids is 1. The number of hydrogen-bond acceptors (Lipinski definition) is 4. The van der Waals surface area contributed by atoms with Crippen LogP contribution < -0.4 is 14.8 Å². The van der Waals surface area contributed by atoms with Crippen LogP contribution in [0.3, 0.4) is 0 Å². The van der Waals surface area contributed by atoms with Crippen LogP contribution in [0.4, 0.5) is 5.69 Å². The summed E-state index contributed by atoms with van der Waals surface area (Å²) in [6.45, 7) is 2.31. The van der Waals surface area contributed by atoms with Gasteiger partial charge in [-0.3, -0.25) is 9.52 Å². The molecule has 0 aliphatic carbocycles. The van der Waals surface area contributed by atoms with Crippen LogP contribution >= 0.6 is 11.6 Å². The maximum Gasteiger partial charge on any atom is 0.263 e. The molecular weight excluding hydrogens is 424 g/mol. The fourth-order valence-corrected chi connectivity index (χ4v) is 4.30. The highest BCUT2D eigenvalue weighted by molar-refractivity contribution is 7.92. The highest BCUT2D eigenvalue weighted by Crippen LogP contribution is 2.26. The van der Waals surface area contributed by atoms with E-state index in [1.807, 2.05) is 31.2 Å². The van der Waals surface area contributed by atoms with Crippen LogP contribution in [0.2, 0.25) is 5.02 Å². The van der Waals surface area contributed by atoms with E-state index in [0.29, 0.717) is 18.0 Å². The van der Waals surface area contributed by atoms with E-state index in [1.165, 1.54) is 25.3 Å². The van der Waals surface area contributed by atoms with E-state index in [2.05, 4.69) is 10.0 Å². The number of halogens is 1. The van der Waals surface area contributed by atoms with Gasteiger partial charge in [0.2, 0.25) is 0 Å². The second kappa shape index (κ2) is 9.19. The smallest absolute Gasteiger partial charge is 0.263 e. The average Bonchev–Trinajstić information content (AvgIpc) is 2.73. The van der Waals surface area contributed by atoms with Crippen molar-refractivity contribution >= 4 is 33.2 Å². The Morgan fingerprint density at radius 1 is 1.00 bits per heavy atom. The summed E-state index contributed by atoms with van der Waals surface area (Å²) in [5.74, 6) is 0.205. The van der Waals surface area contributed by atoms with E-state index in [0.717, 1.165) is 11.1 Å². The van der Waals surface area contributed by atoms with Gasteiger partial charge in [-0.15, -0.1) is 0 Å².